The minimum Gasteiger partial charge on any atom is -0.467 e. The predicted molar refractivity (Wildman–Crippen MR) is 147 cm³/mol. The van der Waals surface area contributed by atoms with Crippen molar-refractivity contribution in [3.8, 4) is 0 Å². The highest BCUT2D eigenvalue weighted by Gasteiger charge is 2.28. The van der Waals surface area contributed by atoms with Crippen molar-refractivity contribution >= 4 is 46.9 Å². The van der Waals surface area contributed by atoms with E-state index in [1.807, 2.05) is 18.2 Å². The van der Waals surface area contributed by atoms with E-state index in [4.69, 9.17) is 27.9 Å². The number of nitrogens with one attached hydrogen (secondary N) is 2. The molecule has 2 heterocycles. The Labute approximate surface area is 234 Å². The van der Waals surface area contributed by atoms with Gasteiger partial charge in [-0.3, -0.25) is 9.36 Å². The molecule has 0 saturated carbocycles. The normalized spacial score (nSPS) is 14.4. The summed E-state index contributed by atoms with van der Waals surface area (Å²) in [6, 6.07) is 14.6. The fourth-order valence-electron chi connectivity index (χ4n) is 4.43. The van der Waals surface area contributed by atoms with E-state index in [1.54, 1.807) is 11.0 Å². The van der Waals surface area contributed by atoms with Gasteiger partial charge in [-0.2, -0.15) is 4.98 Å². The Morgan fingerprint density at radius 2 is 1.69 bits per heavy atom. The van der Waals surface area contributed by atoms with Crippen LogP contribution in [0.15, 0.2) is 65.6 Å². The Balaban J connectivity index is 1.39. The minimum atomic E-state index is -1.13. The van der Waals surface area contributed by atoms with Crippen LogP contribution in [0, 0.1) is 0 Å². The fourth-order valence-corrected chi connectivity index (χ4v) is 5.00. The molecule has 1 saturated heterocycles. The molecule has 1 aliphatic heterocycles. The third kappa shape index (κ3) is 6.96. The molecular formula is C27H27Cl2N5O5. The summed E-state index contributed by atoms with van der Waals surface area (Å²) in [4.78, 5) is 56.2. The van der Waals surface area contributed by atoms with E-state index in [9.17, 15) is 19.2 Å². The van der Waals surface area contributed by atoms with Crippen LogP contribution in [0.5, 0.6) is 0 Å². The molecule has 204 valence electrons. The number of hydrogen-bond acceptors (Lipinski definition) is 6. The molecule has 10 nitrogen and oxygen atoms in total. The number of carbonyl (C=O) groups excluding carboxylic acids is 3. The summed E-state index contributed by atoms with van der Waals surface area (Å²) in [7, 11) is 1.20. The maximum Gasteiger partial charge on any atom is 0.349 e. The van der Waals surface area contributed by atoms with Gasteiger partial charge < -0.3 is 20.3 Å². The molecular weight excluding hydrogens is 545 g/mol. The number of urea groups is 1. The second-order valence-electron chi connectivity index (χ2n) is 9.00. The van der Waals surface area contributed by atoms with Crippen molar-refractivity contribution in [2.45, 2.75) is 31.3 Å². The lowest BCUT2D eigenvalue weighted by atomic mass is 9.90. The van der Waals surface area contributed by atoms with Crippen LogP contribution in [0.2, 0.25) is 10.0 Å². The van der Waals surface area contributed by atoms with Crippen molar-refractivity contribution in [2.24, 2.45) is 0 Å². The zero-order valence-corrected chi connectivity index (χ0v) is 22.6. The van der Waals surface area contributed by atoms with Crippen molar-refractivity contribution in [3.05, 3.63) is 92.5 Å². The van der Waals surface area contributed by atoms with Gasteiger partial charge in [0.05, 0.1) is 29.3 Å². The molecule has 12 heteroatoms. The molecule has 1 atom stereocenters. The van der Waals surface area contributed by atoms with Crippen LogP contribution in [-0.2, 0) is 16.1 Å². The number of likely N-dealkylation sites (tertiary alicyclic amines) is 1. The molecule has 0 unspecified atom stereocenters. The van der Waals surface area contributed by atoms with Gasteiger partial charge >= 0.3 is 17.7 Å². The molecule has 0 aliphatic carbocycles. The number of carbonyl (C=O) groups is 3. The molecule has 1 aromatic heterocycles. The second kappa shape index (κ2) is 12.8. The van der Waals surface area contributed by atoms with E-state index in [2.05, 4.69) is 27.8 Å². The van der Waals surface area contributed by atoms with Crippen molar-refractivity contribution in [3.63, 3.8) is 0 Å². The van der Waals surface area contributed by atoms with Gasteiger partial charge in [0.15, 0.2) is 0 Å². The van der Waals surface area contributed by atoms with Gasteiger partial charge in [-0.05, 0) is 42.5 Å². The first-order valence-corrected chi connectivity index (χ1v) is 13.0. The number of amides is 3. The van der Waals surface area contributed by atoms with E-state index in [0.29, 0.717) is 19.0 Å². The zero-order valence-electron chi connectivity index (χ0n) is 21.1. The number of halogens is 2. The van der Waals surface area contributed by atoms with Gasteiger partial charge in [-0.25, -0.2) is 14.4 Å². The van der Waals surface area contributed by atoms with E-state index >= 15 is 0 Å². The number of rotatable bonds is 7. The number of benzene rings is 2. The smallest absolute Gasteiger partial charge is 0.349 e. The molecule has 3 amide bonds. The van der Waals surface area contributed by atoms with Crippen LogP contribution in [0.1, 0.15) is 34.7 Å². The highest BCUT2D eigenvalue weighted by Crippen LogP contribution is 2.28. The van der Waals surface area contributed by atoms with Gasteiger partial charge in [0.2, 0.25) is 0 Å². The zero-order chi connectivity index (χ0) is 27.9. The number of nitrogens with zero attached hydrogens (tertiary/aromatic N) is 3. The molecule has 0 radical (unpaired) electrons. The summed E-state index contributed by atoms with van der Waals surface area (Å²) in [5.41, 5.74) is 0.546. The molecule has 3 aromatic rings. The number of ether oxygens (including phenoxy) is 1. The lowest BCUT2D eigenvalue weighted by Crippen LogP contribution is -2.52. The first kappa shape index (κ1) is 28.1. The van der Waals surface area contributed by atoms with Crippen LogP contribution in [0.3, 0.4) is 0 Å². The van der Waals surface area contributed by atoms with E-state index in [0.717, 1.165) is 17.4 Å². The number of methoxy groups -OCH3 is 1. The number of piperidine rings is 1. The molecule has 0 bridgehead atoms. The van der Waals surface area contributed by atoms with Gasteiger partial charge in [0, 0.05) is 19.3 Å². The Bertz CT molecular complexity index is 1390. The highest BCUT2D eigenvalue weighted by molar-refractivity contribution is 6.40. The van der Waals surface area contributed by atoms with Crippen molar-refractivity contribution < 1.29 is 19.1 Å². The monoisotopic (exact) mass is 571 g/mol. The van der Waals surface area contributed by atoms with Gasteiger partial charge in [-0.15, -0.1) is 0 Å². The molecule has 39 heavy (non-hydrogen) atoms. The molecule has 2 aromatic carbocycles. The Hall–Kier alpha value is -3.89. The molecule has 1 aliphatic rings. The molecule has 4 rings (SSSR count). The Kier molecular flexibility index (Phi) is 9.21. The predicted octanol–water partition coefficient (Wildman–Crippen LogP) is 3.93. The van der Waals surface area contributed by atoms with E-state index in [-0.39, 0.29) is 28.0 Å². The number of hydrogen-bond donors (Lipinski definition) is 2. The SMILES string of the molecule is COC(=O)[C@H](Cn1ccc(NC(=O)c2c(Cl)cccc2Cl)nc1=O)NC(=O)N1CCC(c2ccccc2)CC1. The Morgan fingerprint density at radius 3 is 2.31 bits per heavy atom. The van der Waals surface area contributed by atoms with Crippen LogP contribution < -0.4 is 16.3 Å². The van der Waals surface area contributed by atoms with Crippen LogP contribution in [0.4, 0.5) is 10.6 Å². The summed E-state index contributed by atoms with van der Waals surface area (Å²) in [5.74, 6) is -1.01. The van der Waals surface area contributed by atoms with Gasteiger partial charge in [0.25, 0.3) is 5.91 Å². The minimum absolute atomic E-state index is 0.0304. The summed E-state index contributed by atoms with van der Waals surface area (Å²) in [6.07, 6.45) is 2.96. The third-order valence-corrected chi connectivity index (χ3v) is 7.15. The molecule has 2 N–H and O–H groups in total. The lowest BCUT2D eigenvalue weighted by molar-refractivity contribution is -0.143. The van der Waals surface area contributed by atoms with Crippen LogP contribution >= 0.6 is 23.2 Å². The average molecular weight is 572 g/mol. The van der Waals surface area contributed by atoms with Crippen molar-refractivity contribution in [1.29, 1.82) is 0 Å². The van der Waals surface area contributed by atoms with Crippen molar-refractivity contribution in [1.82, 2.24) is 19.8 Å². The maximum atomic E-state index is 12.9. The standard InChI is InChI=1S/C27H27Cl2N5O5/c1-39-25(36)21(30-26(37)33-13-10-18(11-14-33)17-6-3-2-4-7-17)16-34-15-12-22(32-27(34)38)31-24(35)23-19(28)8-5-9-20(23)29/h2-9,12,15,18,21H,10-11,13-14,16H2,1H3,(H,30,37)(H,31,32,35,38)/t21-/m0/s1. The number of aromatic nitrogens is 2. The van der Waals surface area contributed by atoms with Crippen LogP contribution in [0.25, 0.3) is 0 Å². The topological polar surface area (TPSA) is 123 Å². The highest BCUT2D eigenvalue weighted by atomic mass is 35.5. The number of esters is 1. The summed E-state index contributed by atoms with van der Waals surface area (Å²) >= 11 is 12.1. The first-order valence-electron chi connectivity index (χ1n) is 12.3. The number of anilines is 1. The first-order chi connectivity index (χ1) is 18.8. The van der Waals surface area contributed by atoms with Gasteiger partial charge in [0.1, 0.15) is 11.9 Å². The van der Waals surface area contributed by atoms with Crippen LogP contribution in [-0.4, -0.2) is 58.6 Å². The maximum absolute atomic E-state index is 12.9. The molecule has 1 fully saturated rings. The lowest BCUT2D eigenvalue weighted by Gasteiger charge is -2.33. The van der Waals surface area contributed by atoms with E-state index in [1.165, 1.54) is 37.1 Å². The largest absolute Gasteiger partial charge is 0.467 e. The summed E-state index contributed by atoms with van der Waals surface area (Å²) < 4.78 is 5.99. The quantitative estimate of drug-likeness (QED) is 0.414. The summed E-state index contributed by atoms with van der Waals surface area (Å²) in [5, 5.41) is 5.45. The molecule has 0 spiro atoms. The van der Waals surface area contributed by atoms with E-state index < -0.39 is 29.6 Å². The summed E-state index contributed by atoms with van der Waals surface area (Å²) in [6.45, 7) is 0.852. The second-order valence-corrected chi connectivity index (χ2v) is 9.81. The fraction of sp³-hybridized carbons (Fsp3) is 0.296. The third-order valence-electron chi connectivity index (χ3n) is 6.52. The average Bonchev–Trinajstić information content (AvgIpc) is 2.94. The van der Waals surface area contributed by atoms with Gasteiger partial charge in [-0.1, -0.05) is 59.6 Å². The Morgan fingerprint density at radius 1 is 1.03 bits per heavy atom. The van der Waals surface area contributed by atoms with Crippen molar-refractivity contribution in [2.75, 3.05) is 25.5 Å².